The van der Waals surface area contributed by atoms with Gasteiger partial charge in [-0.2, -0.15) is 0 Å². The lowest BCUT2D eigenvalue weighted by atomic mass is 10.1. The molecular formula is C15H16F2N2OS. The van der Waals surface area contributed by atoms with Crippen molar-refractivity contribution in [1.29, 1.82) is 0 Å². The molecule has 2 rings (SSSR count). The first-order valence-electron chi connectivity index (χ1n) is 6.68. The van der Waals surface area contributed by atoms with Crippen LogP contribution in [0.5, 0.6) is 0 Å². The van der Waals surface area contributed by atoms with E-state index in [4.69, 9.17) is 0 Å². The third kappa shape index (κ3) is 4.67. The summed E-state index contributed by atoms with van der Waals surface area (Å²) in [6.07, 6.45) is 1.17. The average Bonchev–Trinajstić information content (AvgIpc) is 2.36. The zero-order valence-electron chi connectivity index (χ0n) is 11.8. The Bertz CT molecular complexity index is 667. The third-order valence-corrected chi connectivity index (χ3v) is 4.12. The molecule has 0 saturated carbocycles. The Hall–Kier alpha value is -1.69. The van der Waals surface area contributed by atoms with Crippen molar-refractivity contribution in [2.45, 2.75) is 37.1 Å². The molecular weight excluding hydrogens is 294 g/mol. The highest BCUT2D eigenvalue weighted by Gasteiger charge is 2.08. The van der Waals surface area contributed by atoms with Crippen molar-refractivity contribution in [1.82, 2.24) is 9.97 Å². The normalized spacial score (nSPS) is 12.4. The number of thioether (sulfide) groups is 1. The highest BCUT2D eigenvalue weighted by atomic mass is 32.2. The molecule has 0 saturated heterocycles. The molecule has 0 aliphatic rings. The summed E-state index contributed by atoms with van der Waals surface area (Å²) in [5.41, 5.74) is 0.683. The van der Waals surface area contributed by atoms with Crippen LogP contribution in [0.4, 0.5) is 8.78 Å². The molecule has 0 aliphatic carbocycles. The van der Waals surface area contributed by atoms with Crippen LogP contribution in [0.1, 0.15) is 31.5 Å². The Morgan fingerprint density at radius 1 is 1.24 bits per heavy atom. The third-order valence-electron chi connectivity index (χ3n) is 2.97. The van der Waals surface area contributed by atoms with Gasteiger partial charge < -0.3 is 4.98 Å². The summed E-state index contributed by atoms with van der Waals surface area (Å²) in [5.74, 6) is -1.27. The van der Waals surface area contributed by atoms with Crippen LogP contribution in [0.2, 0.25) is 0 Å². The smallest absolute Gasteiger partial charge is 0.251 e. The molecule has 0 radical (unpaired) electrons. The van der Waals surface area contributed by atoms with E-state index in [-0.39, 0.29) is 12.0 Å². The number of rotatable bonds is 5. The SMILES string of the molecule is CCC(C)Sc1nc(Cc2cc(F)cc(F)c2)cc(=O)[nH]1. The maximum absolute atomic E-state index is 13.2. The lowest BCUT2D eigenvalue weighted by molar-refractivity contribution is 0.580. The highest BCUT2D eigenvalue weighted by molar-refractivity contribution is 7.99. The van der Waals surface area contributed by atoms with Gasteiger partial charge in [-0.3, -0.25) is 4.79 Å². The molecule has 0 aliphatic heterocycles. The topological polar surface area (TPSA) is 45.8 Å². The van der Waals surface area contributed by atoms with E-state index in [1.54, 1.807) is 0 Å². The van der Waals surface area contributed by atoms with Gasteiger partial charge in [0.2, 0.25) is 0 Å². The number of nitrogens with one attached hydrogen (secondary N) is 1. The molecule has 0 spiro atoms. The van der Waals surface area contributed by atoms with Crippen molar-refractivity contribution in [3.05, 3.63) is 57.5 Å². The second-order valence-electron chi connectivity index (χ2n) is 4.83. The molecule has 21 heavy (non-hydrogen) atoms. The minimum absolute atomic E-state index is 0.215. The highest BCUT2D eigenvalue weighted by Crippen LogP contribution is 2.21. The fraction of sp³-hybridized carbons (Fsp3) is 0.333. The number of hydrogen-bond acceptors (Lipinski definition) is 3. The maximum atomic E-state index is 13.2. The molecule has 6 heteroatoms. The molecule has 1 atom stereocenters. The minimum atomic E-state index is -0.635. The summed E-state index contributed by atoms with van der Waals surface area (Å²) in [5, 5.41) is 0.860. The fourth-order valence-corrected chi connectivity index (χ4v) is 2.70. The summed E-state index contributed by atoms with van der Waals surface area (Å²) in [7, 11) is 0. The second-order valence-corrected chi connectivity index (χ2v) is 6.26. The van der Waals surface area contributed by atoms with E-state index in [1.807, 2.05) is 6.92 Å². The fourth-order valence-electron chi connectivity index (χ4n) is 1.83. The first-order valence-corrected chi connectivity index (χ1v) is 7.56. The van der Waals surface area contributed by atoms with Crippen molar-refractivity contribution >= 4 is 11.8 Å². The lowest BCUT2D eigenvalue weighted by Gasteiger charge is -2.08. The largest absolute Gasteiger partial charge is 0.301 e. The Balaban J connectivity index is 2.25. The number of aromatic amines is 1. The molecule has 0 bridgehead atoms. The van der Waals surface area contributed by atoms with Crippen molar-refractivity contribution in [2.75, 3.05) is 0 Å². The zero-order valence-corrected chi connectivity index (χ0v) is 12.6. The van der Waals surface area contributed by atoms with Gasteiger partial charge in [0.15, 0.2) is 5.16 Å². The Labute approximate surface area is 125 Å². The van der Waals surface area contributed by atoms with Crippen molar-refractivity contribution in [3.8, 4) is 0 Å². The Kier molecular flexibility index (Phi) is 5.12. The molecule has 112 valence electrons. The van der Waals surface area contributed by atoms with Gasteiger partial charge >= 0.3 is 0 Å². The van der Waals surface area contributed by atoms with Crippen LogP contribution in [-0.2, 0) is 6.42 Å². The molecule has 1 aromatic heterocycles. The zero-order chi connectivity index (χ0) is 15.4. The first kappa shape index (κ1) is 15.7. The van der Waals surface area contributed by atoms with Gasteiger partial charge in [0, 0.05) is 23.8 Å². The van der Waals surface area contributed by atoms with Gasteiger partial charge in [-0.25, -0.2) is 13.8 Å². The Morgan fingerprint density at radius 2 is 1.90 bits per heavy atom. The second kappa shape index (κ2) is 6.85. The van der Waals surface area contributed by atoms with Crippen LogP contribution in [-0.4, -0.2) is 15.2 Å². The predicted octanol–water partition coefficient (Wildman–Crippen LogP) is 3.53. The summed E-state index contributed by atoms with van der Waals surface area (Å²) in [6.45, 7) is 4.09. The molecule has 3 nitrogen and oxygen atoms in total. The maximum Gasteiger partial charge on any atom is 0.251 e. The number of H-pyrrole nitrogens is 1. The molecule has 0 amide bonds. The summed E-state index contributed by atoms with van der Waals surface area (Å²) < 4.78 is 26.3. The van der Waals surface area contributed by atoms with Gasteiger partial charge in [0.05, 0.1) is 5.69 Å². The lowest BCUT2D eigenvalue weighted by Crippen LogP contribution is -2.11. The van der Waals surface area contributed by atoms with E-state index in [0.29, 0.717) is 21.7 Å². The van der Waals surface area contributed by atoms with Crippen LogP contribution in [0.25, 0.3) is 0 Å². The number of aromatic nitrogens is 2. The van der Waals surface area contributed by atoms with Gasteiger partial charge in [0.1, 0.15) is 11.6 Å². The van der Waals surface area contributed by atoms with Crippen LogP contribution in [0.15, 0.2) is 34.2 Å². The predicted molar refractivity (Wildman–Crippen MR) is 79.6 cm³/mol. The molecule has 1 aromatic carbocycles. The van der Waals surface area contributed by atoms with Gasteiger partial charge in [-0.15, -0.1) is 0 Å². The van der Waals surface area contributed by atoms with Crippen molar-refractivity contribution < 1.29 is 8.78 Å². The molecule has 2 aromatic rings. The quantitative estimate of drug-likeness (QED) is 0.679. The van der Waals surface area contributed by atoms with Crippen LogP contribution < -0.4 is 5.56 Å². The number of nitrogens with zero attached hydrogens (tertiary/aromatic N) is 1. The van der Waals surface area contributed by atoms with E-state index >= 15 is 0 Å². The molecule has 0 fully saturated rings. The molecule has 1 N–H and O–H groups in total. The van der Waals surface area contributed by atoms with Crippen molar-refractivity contribution in [3.63, 3.8) is 0 Å². The number of hydrogen-bond donors (Lipinski definition) is 1. The van der Waals surface area contributed by atoms with E-state index < -0.39 is 11.6 Å². The number of halogens is 2. The standard InChI is InChI=1S/C15H16F2N2OS/c1-3-9(2)21-15-18-13(8-14(20)19-15)6-10-4-11(16)7-12(17)5-10/h4-5,7-9H,3,6H2,1-2H3,(H,18,19,20). The van der Waals surface area contributed by atoms with Crippen LogP contribution in [0.3, 0.4) is 0 Å². The molecule has 1 unspecified atom stereocenters. The van der Waals surface area contributed by atoms with E-state index in [2.05, 4.69) is 16.9 Å². The number of benzene rings is 1. The van der Waals surface area contributed by atoms with E-state index in [9.17, 15) is 13.6 Å². The summed E-state index contributed by atoms with van der Waals surface area (Å²) in [6, 6.07) is 4.66. The van der Waals surface area contributed by atoms with E-state index in [1.165, 1.54) is 30.0 Å². The van der Waals surface area contributed by atoms with Gasteiger partial charge in [-0.05, 0) is 24.1 Å². The van der Waals surface area contributed by atoms with Gasteiger partial charge in [0.25, 0.3) is 5.56 Å². The van der Waals surface area contributed by atoms with Crippen LogP contribution >= 0.6 is 11.8 Å². The Morgan fingerprint density at radius 3 is 2.52 bits per heavy atom. The van der Waals surface area contributed by atoms with Gasteiger partial charge in [-0.1, -0.05) is 25.6 Å². The van der Waals surface area contributed by atoms with Crippen molar-refractivity contribution in [2.24, 2.45) is 0 Å². The van der Waals surface area contributed by atoms with E-state index in [0.717, 1.165) is 12.5 Å². The van der Waals surface area contributed by atoms with Crippen LogP contribution in [0, 0.1) is 11.6 Å². The molecule has 1 heterocycles. The summed E-state index contributed by atoms with van der Waals surface area (Å²) in [4.78, 5) is 18.7. The average molecular weight is 310 g/mol. The summed E-state index contributed by atoms with van der Waals surface area (Å²) >= 11 is 1.47. The minimum Gasteiger partial charge on any atom is -0.301 e. The monoisotopic (exact) mass is 310 g/mol. The first-order chi connectivity index (χ1) is 9.96.